The Morgan fingerprint density at radius 1 is 1.39 bits per heavy atom. The normalized spacial score (nSPS) is 17.5. The van der Waals surface area contributed by atoms with Crippen molar-refractivity contribution in [1.82, 2.24) is 0 Å². The van der Waals surface area contributed by atoms with Crippen molar-refractivity contribution in [1.29, 1.82) is 0 Å². The van der Waals surface area contributed by atoms with Crippen molar-refractivity contribution in [2.24, 2.45) is 11.1 Å². The first-order valence-electron chi connectivity index (χ1n) is 5.96. The zero-order chi connectivity index (χ0) is 13.5. The molecule has 18 heavy (non-hydrogen) atoms. The first-order valence-corrected chi connectivity index (χ1v) is 7.50. The number of sulfonamides is 1. The van der Waals surface area contributed by atoms with Gasteiger partial charge in [0.1, 0.15) is 0 Å². The van der Waals surface area contributed by atoms with Gasteiger partial charge in [-0.3, -0.25) is 0 Å². The highest BCUT2D eigenvalue weighted by Crippen LogP contribution is 2.37. The zero-order valence-corrected chi connectivity index (χ0v) is 11.4. The SMILES string of the molecule is CC(C1CC1)N(C)c1cc(S(N)(=O)=O)ccc1N. The van der Waals surface area contributed by atoms with Crippen LogP contribution in [-0.2, 0) is 10.0 Å². The fourth-order valence-corrected chi connectivity index (χ4v) is 2.65. The highest BCUT2D eigenvalue weighted by atomic mass is 32.2. The van der Waals surface area contributed by atoms with E-state index in [-0.39, 0.29) is 4.90 Å². The van der Waals surface area contributed by atoms with Gasteiger partial charge >= 0.3 is 0 Å². The number of primary sulfonamides is 1. The van der Waals surface area contributed by atoms with Crippen LogP contribution in [0.15, 0.2) is 23.1 Å². The van der Waals surface area contributed by atoms with Crippen molar-refractivity contribution in [2.75, 3.05) is 17.7 Å². The number of nitrogens with zero attached hydrogens (tertiary/aromatic N) is 1. The second-order valence-corrected chi connectivity index (χ2v) is 6.52. The number of rotatable bonds is 4. The number of anilines is 2. The van der Waals surface area contributed by atoms with E-state index in [0.29, 0.717) is 17.6 Å². The molecule has 1 aliphatic rings. The van der Waals surface area contributed by atoms with Gasteiger partial charge in [-0.15, -0.1) is 0 Å². The molecule has 1 saturated carbocycles. The lowest BCUT2D eigenvalue weighted by Gasteiger charge is -2.28. The van der Waals surface area contributed by atoms with Gasteiger partial charge in [-0.05, 0) is 43.9 Å². The first-order chi connectivity index (χ1) is 8.30. The average Bonchev–Trinajstić information content (AvgIpc) is 3.10. The summed E-state index contributed by atoms with van der Waals surface area (Å²) in [5.41, 5.74) is 7.20. The Morgan fingerprint density at radius 3 is 2.50 bits per heavy atom. The molecule has 1 unspecified atom stereocenters. The molecule has 0 radical (unpaired) electrons. The lowest BCUT2D eigenvalue weighted by atomic mass is 10.1. The van der Waals surface area contributed by atoms with Crippen molar-refractivity contribution in [3.8, 4) is 0 Å². The minimum Gasteiger partial charge on any atom is -0.397 e. The van der Waals surface area contributed by atoms with E-state index in [4.69, 9.17) is 10.9 Å². The summed E-state index contributed by atoms with van der Waals surface area (Å²) in [6.07, 6.45) is 2.45. The third-order valence-corrected chi connectivity index (χ3v) is 4.54. The molecule has 4 N–H and O–H groups in total. The van der Waals surface area contributed by atoms with Crippen LogP contribution in [-0.4, -0.2) is 21.5 Å². The molecule has 2 rings (SSSR count). The standard InChI is InChI=1S/C12H19N3O2S/c1-8(9-3-4-9)15(2)12-7-10(18(14,16)17)5-6-11(12)13/h5-9H,3-4,13H2,1-2H3,(H2,14,16,17). The Kier molecular flexibility index (Phi) is 3.25. The van der Waals surface area contributed by atoms with Crippen molar-refractivity contribution in [3.05, 3.63) is 18.2 Å². The minimum atomic E-state index is -3.69. The van der Waals surface area contributed by atoms with Gasteiger partial charge in [0.05, 0.1) is 16.3 Å². The zero-order valence-electron chi connectivity index (χ0n) is 10.6. The summed E-state index contributed by atoms with van der Waals surface area (Å²) >= 11 is 0. The molecular weight excluding hydrogens is 250 g/mol. The quantitative estimate of drug-likeness (QED) is 0.802. The van der Waals surface area contributed by atoms with Crippen molar-refractivity contribution >= 4 is 21.4 Å². The third kappa shape index (κ3) is 2.59. The highest BCUT2D eigenvalue weighted by molar-refractivity contribution is 7.89. The largest absolute Gasteiger partial charge is 0.397 e. The summed E-state index contributed by atoms with van der Waals surface area (Å²) in [6, 6.07) is 4.92. The number of nitrogen functional groups attached to an aromatic ring is 1. The Balaban J connectivity index is 2.36. The molecular formula is C12H19N3O2S. The fourth-order valence-electron chi connectivity index (χ4n) is 2.12. The van der Waals surface area contributed by atoms with Crippen LogP contribution in [0.4, 0.5) is 11.4 Å². The summed E-state index contributed by atoms with van der Waals surface area (Å²) in [7, 11) is -1.76. The molecule has 1 atom stereocenters. The van der Waals surface area contributed by atoms with Crippen molar-refractivity contribution < 1.29 is 8.42 Å². The molecule has 100 valence electrons. The predicted octanol–water partition coefficient (Wildman–Crippen LogP) is 1.15. The molecule has 6 heteroatoms. The summed E-state index contributed by atoms with van der Waals surface area (Å²) in [4.78, 5) is 2.13. The summed E-state index contributed by atoms with van der Waals surface area (Å²) in [5.74, 6) is 0.674. The predicted molar refractivity (Wildman–Crippen MR) is 72.8 cm³/mol. The van der Waals surface area contributed by atoms with Crippen LogP contribution in [0.1, 0.15) is 19.8 Å². The Bertz CT molecular complexity index is 552. The van der Waals surface area contributed by atoms with Crippen LogP contribution in [0.5, 0.6) is 0 Å². The van der Waals surface area contributed by atoms with Crippen LogP contribution in [0.3, 0.4) is 0 Å². The maximum atomic E-state index is 11.4. The summed E-state index contributed by atoms with van der Waals surface area (Å²) in [5, 5.41) is 5.14. The number of nitrogens with two attached hydrogens (primary N) is 2. The molecule has 0 bridgehead atoms. The molecule has 5 nitrogen and oxygen atoms in total. The second kappa shape index (κ2) is 4.44. The third-order valence-electron chi connectivity index (χ3n) is 3.63. The van der Waals surface area contributed by atoms with E-state index < -0.39 is 10.0 Å². The van der Waals surface area contributed by atoms with E-state index in [2.05, 4.69) is 6.92 Å². The van der Waals surface area contributed by atoms with Crippen molar-refractivity contribution in [2.45, 2.75) is 30.7 Å². The molecule has 0 spiro atoms. The minimum absolute atomic E-state index is 0.0987. The topological polar surface area (TPSA) is 89.4 Å². The van der Waals surface area contributed by atoms with E-state index in [9.17, 15) is 8.42 Å². The van der Waals surface area contributed by atoms with Gasteiger partial charge in [0, 0.05) is 13.1 Å². The van der Waals surface area contributed by atoms with Gasteiger partial charge in [-0.25, -0.2) is 13.6 Å². The van der Waals surface area contributed by atoms with E-state index in [1.54, 1.807) is 12.1 Å². The Morgan fingerprint density at radius 2 is 2.00 bits per heavy atom. The summed E-state index contributed by atoms with van der Waals surface area (Å²) in [6.45, 7) is 2.13. The van der Waals surface area contributed by atoms with Gasteiger partial charge in [0.25, 0.3) is 0 Å². The maximum absolute atomic E-state index is 11.4. The summed E-state index contributed by atoms with van der Waals surface area (Å²) < 4.78 is 22.7. The van der Waals surface area contributed by atoms with Gasteiger partial charge in [0.15, 0.2) is 0 Å². The lowest BCUT2D eigenvalue weighted by molar-refractivity contribution is 0.596. The highest BCUT2D eigenvalue weighted by Gasteiger charge is 2.31. The lowest BCUT2D eigenvalue weighted by Crippen LogP contribution is -2.31. The molecule has 1 fully saturated rings. The molecule has 1 aromatic rings. The second-order valence-electron chi connectivity index (χ2n) is 4.95. The Hall–Kier alpha value is -1.27. The molecule has 0 saturated heterocycles. The molecule has 0 heterocycles. The van der Waals surface area contributed by atoms with E-state index in [1.165, 1.54) is 18.9 Å². The first kappa shape index (κ1) is 13.2. The van der Waals surface area contributed by atoms with Gasteiger partial charge in [-0.2, -0.15) is 0 Å². The van der Waals surface area contributed by atoms with Gasteiger partial charge in [-0.1, -0.05) is 0 Å². The number of hydrogen-bond acceptors (Lipinski definition) is 4. The molecule has 1 aromatic carbocycles. The molecule has 0 aromatic heterocycles. The van der Waals surface area contributed by atoms with Crippen LogP contribution in [0.2, 0.25) is 0 Å². The molecule has 0 amide bonds. The van der Waals surface area contributed by atoms with Crippen LogP contribution in [0.25, 0.3) is 0 Å². The van der Waals surface area contributed by atoms with Gasteiger partial charge < -0.3 is 10.6 Å². The molecule has 0 aliphatic heterocycles. The van der Waals surface area contributed by atoms with E-state index in [0.717, 1.165) is 5.69 Å². The average molecular weight is 269 g/mol. The number of benzene rings is 1. The molecule has 1 aliphatic carbocycles. The van der Waals surface area contributed by atoms with Crippen LogP contribution >= 0.6 is 0 Å². The smallest absolute Gasteiger partial charge is 0.238 e. The van der Waals surface area contributed by atoms with Crippen LogP contribution in [0, 0.1) is 5.92 Å². The van der Waals surface area contributed by atoms with E-state index in [1.807, 2.05) is 11.9 Å². The maximum Gasteiger partial charge on any atom is 0.238 e. The van der Waals surface area contributed by atoms with Gasteiger partial charge in [0.2, 0.25) is 10.0 Å². The monoisotopic (exact) mass is 269 g/mol. The van der Waals surface area contributed by atoms with E-state index >= 15 is 0 Å². The number of hydrogen-bond donors (Lipinski definition) is 2. The Labute approximate surface area is 108 Å². The van der Waals surface area contributed by atoms with Crippen LogP contribution < -0.4 is 15.8 Å². The fraction of sp³-hybridized carbons (Fsp3) is 0.500. The van der Waals surface area contributed by atoms with Crippen molar-refractivity contribution in [3.63, 3.8) is 0 Å².